The van der Waals surface area contributed by atoms with Gasteiger partial charge in [-0.2, -0.15) is 5.26 Å². The van der Waals surface area contributed by atoms with Gasteiger partial charge in [0, 0.05) is 27.1 Å². The molecule has 0 aliphatic heterocycles. The molecule has 0 radical (unpaired) electrons. The summed E-state index contributed by atoms with van der Waals surface area (Å²) in [6.45, 7) is 1.79. The first-order chi connectivity index (χ1) is 18.5. The molecule has 1 N–H and O–H groups in total. The van der Waals surface area contributed by atoms with Crippen LogP contribution < -0.4 is 5.32 Å². The molecule has 0 saturated heterocycles. The van der Waals surface area contributed by atoms with E-state index in [1.807, 2.05) is 90.3 Å². The maximum absolute atomic E-state index is 13.1. The van der Waals surface area contributed by atoms with Gasteiger partial charge in [-0.05, 0) is 24.6 Å². The van der Waals surface area contributed by atoms with Crippen molar-refractivity contribution in [1.82, 2.24) is 9.97 Å². The Balaban J connectivity index is 1.43. The number of thioether (sulfide) groups is 1. The third kappa shape index (κ3) is 5.63. The molecular formula is C30H21ClN4OS2. The standard InChI is InChI=1S/C30H21ClN4OS2/c1-19(28(36)35-30-34-27(18-37-30)22-14-8-9-15-25(22)31)38-29-24(17-32)23(20-10-4-2-5-11-20)16-26(33-29)21-12-6-3-7-13-21/h2-16,18-19H,1H3,(H,34,35,36). The number of hydrogen-bond donors (Lipinski definition) is 1. The van der Waals surface area contributed by atoms with Crippen molar-refractivity contribution in [2.75, 3.05) is 5.32 Å². The minimum Gasteiger partial charge on any atom is -0.301 e. The van der Waals surface area contributed by atoms with Crippen LogP contribution in [0.2, 0.25) is 5.02 Å². The van der Waals surface area contributed by atoms with E-state index >= 15 is 0 Å². The molecular weight excluding hydrogens is 532 g/mol. The summed E-state index contributed by atoms with van der Waals surface area (Å²) in [5.41, 5.74) is 5.32. The molecule has 0 spiro atoms. The van der Waals surface area contributed by atoms with E-state index in [1.54, 1.807) is 13.0 Å². The third-order valence-corrected chi connectivity index (χ3v) is 7.97. The Labute approximate surface area is 234 Å². The van der Waals surface area contributed by atoms with Crippen LogP contribution in [0.5, 0.6) is 0 Å². The Kier molecular flexibility index (Phi) is 7.85. The van der Waals surface area contributed by atoms with E-state index in [0.717, 1.165) is 27.9 Å². The van der Waals surface area contributed by atoms with E-state index < -0.39 is 5.25 Å². The summed E-state index contributed by atoms with van der Waals surface area (Å²) in [5.74, 6) is -0.230. The van der Waals surface area contributed by atoms with E-state index in [4.69, 9.17) is 16.6 Å². The number of thiazole rings is 1. The first-order valence-electron chi connectivity index (χ1n) is 11.8. The maximum Gasteiger partial charge on any atom is 0.239 e. The van der Waals surface area contributed by atoms with Crippen molar-refractivity contribution < 1.29 is 4.79 Å². The van der Waals surface area contributed by atoms with Gasteiger partial charge in [0.25, 0.3) is 0 Å². The molecule has 5 rings (SSSR count). The number of pyridine rings is 1. The quantitative estimate of drug-likeness (QED) is 0.206. The number of benzene rings is 3. The zero-order valence-corrected chi connectivity index (χ0v) is 22.6. The summed E-state index contributed by atoms with van der Waals surface area (Å²) in [6.07, 6.45) is 0. The summed E-state index contributed by atoms with van der Waals surface area (Å²) in [5, 5.41) is 15.9. The summed E-state index contributed by atoms with van der Waals surface area (Å²) in [6, 6.07) is 31.3. The second-order valence-electron chi connectivity index (χ2n) is 8.35. The van der Waals surface area contributed by atoms with Crippen molar-refractivity contribution in [3.05, 3.63) is 107 Å². The molecule has 0 aliphatic rings. The van der Waals surface area contributed by atoms with Crippen molar-refractivity contribution in [3.8, 4) is 39.7 Å². The van der Waals surface area contributed by atoms with Crippen molar-refractivity contribution >= 4 is 45.7 Å². The van der Waals surface area contributed by atoms with Gasteiger partial charge in [-0.25, -0.2) is 9.97 Å². The van der Waals surface area contributed by atoms with Crippen LogP contribution in [0.4, 0.5) is 5.13 Å². The van der Waals surface area contributed by atoms with Gasteiger partial charge >= 0.3 is 0 Å². The molecule has 8 heteroatoms. The fourth-order valence-corrected chi connectivity index (χ4v) is 5.74. The molecule has 2 aromatic heterocycles. The van der Waals surface area contributed by atoms with Crippen LogP contribution in [0.25, 0.3) is 33.6 Å². The van der Waals surface area contributed by atoms with Crippen LogP contribution in [0, 0.1) is 11.3 Å². The summed E-state index contributed by atoms with van der Waals surface area (Å²) >= 11 is 8.89. The largest absolute Gasteiger partial charge is 0.301 e. The normalized spacial score (nSPS) is 11.5. The number of aromatic nitrogens is 2. The van der Waals surface area contributed by atoms with E-state index in [-0.39, 0.29) is 5.91 Å². The molecule has 5 nitrogen and oxygen atoms in total. The average Bonchev–Trinajstić information content (AvgIpc) is 3.42. The highest BCUT2D eigenvalue weighted by molar-refractivity contribution is 8.00. The number of carbonyl (C=O) groups is 1. The van der Waals surface area contributed by atoms with Gasteiger partial charge in [0.15, 0.2) is 5.13 Å². The van der Waals surface area contributed by atoms with Crippen LogP contribution >= 0.6 is 34.7 Å². The molecule has 1 amide bonds. The highest BCUT2D eigenvalue weighted by Crippen LogP contribution is 2.36. The van der Waals surface area contributed by atoms with E-state index in [1.165, 1.54) is 23.1 Å². The zero-order valence-electron chi connectivity index (χ0n) is 20.3. The average molecular weight is 553 g/mol. The molecule has 1 unspecified atom stereocenters. The lowest BCUT2D eigenvalue weighted by Crippen LogP contribution is -2.22. The lowest BCUT2D eigenvalue weighted by molar-refractivity contribution is -0.115. The maximum atomic E-state index is 13.1. The van der Waals surface area contributed by atoms with Crippen LogP contribution in [0.1, 0.15) is 12.5 Å². The number of carbonyl (C=O) groups excluding carboxylic acids is 1. The first-order valence-corrected chi connectivity index (χ1v) is 13.9. The minimum absolute atomic E-state index is 0.230. The van der Waals surface area contributed by atoms with Crippen molar-refractivity contribution in [1.29, 1.82) is 5.26 Å². The van der Waals surface area contributed by atoms with Gasteiger partial charge < -0.3 is 5.32 Å². The van der Waals surface area contributed by atoms with Crippen LogP contribution in [0.15, 0.2) is 101 Å². The van der Waals surface area contributed by atoms with Crippen LogP contribution in [-0.2, 0) is 4.79 Å². The fourth-order valence-electron chi connectivity index (χ4n) is 3.87. The van der Waals surface area contributed by atoms with E-state index in [9.17, 15) is 10.1 Å². The second-order valence-corrected chi connectivity index (χ2v) is 10.9. The van der Waals surface area contributed by atoms with Crippen molar-refractivity contribution in [2.24, 2.45) is 0 Å². The second kappa shape index (κ2) is 11.6. The highest BCUT2D eigenvalue weighted by atomic mass is 35.5. The number of nitriles is 1. The van der Waals surface area contributed by atoms with Gasteiger partial charge in [-0.3, -0.25) is 4.79 Å². The van der Waals surface area contributed by atoms with Gasteiger partial charge in [0.1, 0.15) is 11.1 Å². The molecule has 5 aromatic rings. The van der Waals surface area contributed by atoms with Crippen molar-refractivity contribution in [3.63, 3.8) is 0 Å². The van der Waals surface area contributed by atoms with E-state index in [0.29, 0.717) is 26.4 Å². The lowest BCUT2D eigenvalue weighted by atomic mass is 9.99. The number of nitrogens with zero attached hydrogens (tertiary/aromatic N) is 3. The molecule has 0 saturated carbocycles. The number of nitrogens with one attached hydrogen (secondary N) is 1. The summed E-state index contributed by atoms with van der Waals surface area (Å²) < 4.78 is 0. The van der Waals surface area contributed by atoms with E-state index in [2.05, 4.69) is 16.4 Å². The Morgan fingerprint density at radius 3 is 2.26 bits per heavy atom. The van der Waals surface area contributed by atoms with Crippen LogP contribution in [0.3, 0.4) is 0 Å². The third-order valence-electron chi connectivity index (χ3n) is 5.79. The number of rotatable bonds is 7. The molecule has 1 atom stereocenters. The van der Waals surface area contributed by atoms with Gasteiger partial charge in [0.2, 0.25) is 5.91 Å². The topological polar surface area (TPSA) is 78.7 Å². The van der Waals surface area contributed by atoms with Crippen LogP contribution in [-0.4, -0.2) is 21.1 Å². The molecule has 2 heterocycles. The number of halogens is 1. The SMILES string of the molecule is CC(Sc1nc(-c2ccccc2)cc(-c2ccccc2)c1C#N)C(=O)Nc1nc(-c2ccccc2Cl)cs1. The lowest BCUT2D eigenvalue weighted by Gasteiger charge is -2.15. The molecule has 0 aliphatic carbocycles. The smallest absolute Gasteiger partial charge is 0.239 e. The molecule has 0 bridgehead atoms. The molecule has 3 aromatic carbocycles. The first kappa shape index (κ1) is 25.7. The number of hydrogen-bond acceptors (Lipinski definition) is 6. The minimum atomic E-state index is -0.531. The van der Waals surface area contributed by atoms with Gasteiger partial charge in [-0.1, -0.05) is 102 Å². The predicted octanol–water partition coefficient (Wildman–Crippen LogP) is 8.18. The van der Waals surface area contributed by atoms with Crippen molar-refractivity contribution in [2.45, 2.75) is 17.2 Å². The predicted molar refractivity (Wildman–Crippen MR) is 156 cm³/mol. The summed E-state index contributed by atoms with van der Waals surface area (Å²) in [7, 11) is 0. The summed E-state index contributed by atoms with van der Waals surface area (Å²) in [4.78, 5) is 22.5. The zero-order chi connectivity index (χ0) is 26.5. The molecule has 0 fully saturated rings. The molecule has 38 heavy (non-hydrogen) atoms. The number of anilines is 1. The molecule has 186 valence electrons. The Morgan fingerprint density at radius 1 is 0.921 bits per heavy atom. The van der Waals surface area contributed by atoms with Gasteiger partial charge in [0.05, 0.1) is 22.2 Å². The number of amides is 1. The monoisotopic (exact) mass is 552 g/mol. The Morgan fingerprint density at radius 2 is 1.58 bits per heavy atom. The Hall–Kier alpha value is -3.96. The fraction of sp³-hybridized carbons (Fsp3) is 0.0667. The Bertz CT molecular complexity index is 1630. The van der Waals surface area contributed by atoms with Gasteiger partial charge in [-0.15, -0.1) is 11.3 Å². The highest BCUT2D eigenvalue weighted by Gasteiger charge is 2.22.